The van der Waals surface area contributed by atoms with Gasteiger partial charge in [0.25, 0.3) is 5.91 Å². The third-order valence-electron chi connectivity index (χ3n) is 5.58. The zero-order valence-electron chi connectivity index (χ0n) is 14.7. The minimum Gasteiger partial charge on any atom is -0.478 e. The number of hydrogen-bond donors (Lipinski definition) is 2. The normalized spacial score (nSPS) is 17.6. The standard InChI is InChI=1S/C20H20ClN3O3/c21-14-10-16(18(25)22-15-4-2-13(3-5-15)19(26)27)23-17(11-14)24-9-8-20(12-24)6-1-7-20/h2-5,10-11H,1,6-9,12H2,(H,22,25)(H,26,27). The second-order valence-corrected chi connectivity index (χ2v) is 7.83. The fourth-order valence-corrected chi connectivity index (χ4v) is 4.07. The van der Waals surface area contributed by atoms with Gasteiger partial charge in [0, 0.05) is 23.8 Å². The van der Waals surface area contributed by atoms with Crippen molar-refractivity contribution in [2.75, 3.05) is 23.3 Å². The Morgan fingerprint density at radius 2 is 1.89 bits per heavy atom. The number of carboxylic acid groups (broad SMARTS) is 1. The third kappa shape index (κ3) is 3.62. The smallest absolute Gasteiger partial charge is 0.335 e. The number of rotatable bonds is 4. The fourth-order valence-electron chi connectivity index (χ4n) is 3.87. The van der Waals surface area contributed by atoms with Crippen molar-refractivity contribution in [3.05, 3.63) is 52.7 Å². The van der Waals surface area contributed by atoms with Crippen molar-refractivity contribution in [2.24, 2.45) is 5.41 Å². The molecule has 0 bridgehead atoms. The lowest BCUT2D eigenvalue weighted by atomic mass is 9.68. The summed E-state index contributed by atoms with van der Waals surface area (Å²) < 4.78 is 0. The fraction of sp³-hybridized carbons (Fsp3) is 0.350. The number of pyridine rings is 1. The Labute approximate surface area is 162 Å². The zero-order valence-corrected chi connectivity index (χ0v) is 15.5. The average Bonchev–Trinajstić information content (AvgIpc) is 3.08. The summed E-state index contributed by atoms with van der Waals surface area (Å²) in [6.45, 7) is 1.91. The average molecular weight is 386 g/mol. The third-order valence-corrected chi connectivity index (χ3v) is 5.79. The van der Waals surface area contributed by atoms with E-state index in [-0.39, 0.29) is 17.2 Å². The number of hydrogen-bond acceptors (Lipinski definition) is 4. The van der Waals surface area contributed by atoms with Crippen LogP contribution in [0.2, 0.25) is 5.02 Å². The number of aromatic nitrogens is 1. The van der Waals surface area contributed by atoms with E-state index in [1.165, 1.54) is 37.8 Å². The number of aromatic carboxylic acids is 1. The molecule has 1 aromatic heterocycles. The van der Waals surface area contributed by atoms with E-state index in [1.54, 1.807) is 24.3 Å². The molecule has 140 valence electrons. The number of halogens is 1. The molecule has 2 aliphatic rings. The monoisotopic (exact) mass is 385 g/mol. The Morgan fingerprint density at radius 1 is 1.15 bits per heavy atom. The summed E-state index contributed by atoms with van der Waals surface area (Å²) in [5.41, 5.74) is 1.34. The van der Waals surface area contributed by atoms with E-state index in [1.807, 2.05) is 0 Å². The highest BCUT2D eigenvalue weighted by Crippen LogP contribution is 2.48. The van der Waals surface area contributed by atoms with Crippen molar-refractivity contribution < 1.29 is 14.7 Å². The molecule has 2 heterocycles. The van der Waals surface area contributed by atoms with Crippen LogP contribution in [0.25, 0.3) is 0 Å². The molecule has 1 saturated carbocycles. The van der Waals surface area contributed by atoms with Crippen LogP contribution in [-0.4, -0.2) is 35.1 Å². The zero-order chi connectivity index (χ0) is 19.0. The van der Waals surface area contributed by atoms with Crippen molar-refractivity contribution in [3.8, 4) is 0 Å². The van der Waals surface area contributed by atoms with Gasteiger partial charge in [-0.25, -0.2) is 9.78 Å². The molecule has 1 saturated heterocycles. The maximum atomic E-state index is 12.6. The van der Waals surface area contributed by atoms with Crippen LogP contribution in [0.3, 0.4) is 0 Å². The van der Waals surface area contributed by atoms with Crippen molar-refractivity contribution in [2.45, 2.75) is 25.7 Å². The van der Waals surface area contributed by atoms with E-state index >= 15 is 0 Å². The summed E-state index contributed by atoms with van der Waals surface area (Å²) in [6, 6.07) is 9.33. The van der Waals surface area contributed by atoms with Gasteiger partial charge in [-0.3, -0.25) is 4.79 Å². The highest BCUT2D eigenvalue weighted by molar-refractivity contribution is 6.31. The van der Waals surface area contributed by atoms with Crippen LogP contribution >= 0.6 is 11.6 Å². The van der Waals surface area contributed by atoms with Gasteiger partial charge < -0.3 is 15.3 Å². The highest BCUT2D eigenvalue weighted by atomic mass is 35.5. The number of nitrogens with zero attached hydrogens (tertiary/aromatic N) is 2. The molecule has 2 N–H and O–H groups in total. The Morgan fingerprint density at radius 3 is 2.48 bits per heavy atom. The first-order valence-corrected chi connectivity index (χ1v) is 9.39. The molecule has 1 aliphatic heterocycles. The van der Waals surface area contributed by atoms with E-state index in [0.717, 1.165) is 18.9 Å². The molecule has 0 radical (unpaired) electrons. The Hall–Kier alpha value is -2.60. The van der Waals surface area contributed by atoms with Gasteiger partial charge in [0.1, 0.15) is 11.5 Å². The van der Waals surface area contributed by atoms with Crippen LogP contribution in [0.5, 0.6) is 0 Å². The Kier molecular flexibility index (Phi) is 4.52. The van der Waals surface area contributed by atoms with Gasteiger partial charge in [-0.1, -0.05) is 18.0 Å². The van der Waals surface area contributed by atoms with Gasteiger partial charge in [0.15, 0.2) is 0 Å². The van der Waals surface area contributed by atoms with Crippen LogP contribution in [0.4, 0.5) is 11.5 Å². The molecule has 2 aromatic rings. The minimum atomic E-state index is -1.01. The lowest BCUT2D eigenvalue weighted by Gasteiger charge is -2.38. The number of anilines is 2. The molecule has 1 aliphatic carbocycles. The van der Waals surface area contributed by atoms with E-state index in [0.29, 0.717) is 16.1 Å². The summed E-state index contributed by atoms with van der Waals surface area (Å²) in [5.74, 6) is -0.652. The molecule has 2 fully saturated rings. The Balaban J connectivity index is 1.50. The number of carboxylic acids is 1. The summed E-state index contributed by atoms with van der Waals surface area (Å²) in [4.78, 5) is 30.2. The lowest BCUT2D eigenvalue weighted by molar-refractivity contribution is 0.0696. The van der Waals surface area contributed by atoms with Gasteiger partial charge in [-0.2, -0.15) is 0 Å². The first kappa shape index (κ1) is 17.8. The van der Waals surface area contributed by atoms with E-state index < -0.39 is 5.97 Å². The van der Waals surface area contributed by atoms with E-state index in [2.05, 4.69) is 15.2 Å². The molecule has 0 atom stereocenters. The molecule has 1 amide bonds. The number of amides is 1. The minimum absolute atomic E-state index is 0.162. The largest absolute Gasteiger partial charge is 0.478 e. The molecule has 7 heteroatoms. The van der Waals surface area contributed by atoms with E-state index in [4.69, 9.17) is 16.7 Å². The van der Waals surface area contributed by atoms with Crippen LogP contribution in [0.15, 0.2) is 36.4 Å². The number of benzene rings is 1. The summed E-state index contributed by atoms with van der Waals surface area (Å²) in [6.07, 6.45) is 5.00. The lowest BCUT2D eigenvalue weighted by Crippen LogP contribution is -2.33. The molecular weight excluding hydrogens is 366 g/mol. The Bertz CT molecular complexity index is 894. The molecule has 1 spiro atoms. The second kappa shape index (κ2) is 6.85. The SMILES string of the molecule is O=C(O)c1ccc(NC(=O)c2cc(Cl)cc(N3CCC4(CCC4)C3)n2)cc1. The van der Waals surface area contributed by atoms with E-state index in [9.17, 15) is 9.59 Å². The topological polar surface area (TPSA) is 82.5 Å². The van der Waals surface area contributed by atoms with Crippen LogP contribution in [0, 0.1) is 5.41 Å². The van der Waals surface area contributed by atoms with Crippen LogP contribution in [0.1, 0.15) is 46.5 Å². The molecule has 0 unspecified atom stereocenters. The van der Waals surface area contributed by atoms with Gasteiger partial charge in [0.2, 0.25) is 0 Å². The van der Waals surface area contributed by atoms with Gasteiger partial charge in [-0.15, -0.1) is 0 Å². The number of carbonyl (C=O) groups is 2. The first-order chi connectivity index (χ1) is 12.9. The number of nitrogens with one attached hydrogen (secondary N) is 1. The first-order valence-electron chi connectivity index (χ1n) is 9.01. The van der Waals surface area contributed by atoms with Crippen molar-refractivity contribution >= 4 is 35.0 Å². The van der Waals surface area contributed by atoms with Crippen molar-refractivity contribution in [1.82, 2.24) is 4.98 Å². The maximum Gasteiger partial charge on any atom is 0.335 e. The van der Waals surface area contributed by atoms with Crippen molar-refractivity contribution in [3.63, 3.8) is 0 Å². The number of carbonyl (C=O) groups excluding carboxylic acids is 1. The highest BCUT2D eigenvalue weighted by Gasteiger charge is 2.43. The quantitative estimate of drug-likeness (QED) is 0.829. The van der Waals surface area contributed by atoms with Gasteiger partial charge in [0.05, 0.1) is 5.56 Å². The summed E-state index contributed by atoms with van der Waals surface area (Å²) in [5, 5.41) is 12.2. The van der Waals surface area contributed by atoms with Gasteiger partial charge in [-0.05, 0) is 61.1 Å². The van der Waals surface area contributed by atoms with Crippen molar-refractivity contribution in [1.29, 1.82) is 0 Å². The van der Waals surface area contributed by atoms with Gasteiger partial charge >= 0.3 is 5.97 Å². The summed E-state index contributed by atoms with van der Waals surface area (Å²) in [7, 11) is 0. The summed E-state index contributed by atoms with van der Waals surface area (Å²) >= 11 is 6.24. The molecule has 27 heavy (non-hydrogen) atoms. The molecule has 4 rings (SSSR count). The molecule has 1 aromatic carbocycles. The molecule has 6 nitrogen and oxygen atoms in total. The van der Waals surface area contributed by atoms with Crippen LogP contribution in [-0.2, 0) is 0 Å². The molecular formula is C20H20ClN3O3. The predicted molar refractivity (Wildman–Crippen MR) is 104 cm³/mol. The van der Waals surface area contributed by atoms with Crippen LogP contribution < -0.4 is 10.2 Å². The second-order valence-electron chi connectivity index (χ2n) is 7.39. The maximum absolute atomic E-state index is 12.6. The predicted octanol–water partition coefficient (Wildman–Crippen LogP) is 4.07.